The van der Waals surface area contributed by atoms with Gasteiger partial charge in [-0.1, -0.05) is 33.6 Å². The van der Waals surface area contributed by atoms with Crippen LogP contribution in [0.3, 0.4) is 0 Å². The Morgan fingerprint density at radius 2 is 2.06 bits per heavy atom. The van der Waals surface area contributed by atoms with E-state index < -0.39 is 0 Å². The summed E-state index contributed by atoms with van der Waals surface area (Å²) in [5, 5.41) is 3.46. The lowest BCUT2D eigenvalue weighted by Gasteiger charge is -2.23. The van der Waals surface area contributed by atoms with E-state index >= 15 is 0 Å². The van der Waals surface area contributed by atoms with Gasteiger partial charge in [0.15, 0.2) is 5.96 Å². The Morgan fingerprint density at radius 3 is 2.53 bits per heavy atom. The first-order chi connectivity index (χ1) is 7.59. The number of unbranched alkanes of at least 4 members (excludes halogenated alkanes) is 2. The molecular weight excluding hydrogens is 325 g/mol. The molecule has 17 heavy (non-hydrogen) atoms. The van der Waals surface area contributed by atoms with Crippen LogP contribution in [-0.2, 0) is 0 Å². The smallest absolute Gasteiger partial charge is 0.193 e. The molecule has 0 aromatic carbocycles. The van der Waals surface area contributed by atoms with E-state index in [0.717, 1.165) is 25.6 Å². The molecule has 1 N–H and O–H groups in total. The van der Waals surface area contributed by atoms with Crippen LogP contribution in [-0.4, -0.2) is 37.5 Å². The molecule has 0 atom stereocenters. The highest BCUT2D eigenvalue weighted by molar-refractivity contribution is 14.0. The first-order valence-corrected chi connectivity index (χ1v) is 6.54. The Kier molecular flexibility index (Phi) is 8.16. The number of hydrogen-bond acceptors (Lipinski definition) is 1. The summed E-state index contributed by atoms with van der Waals surface area (Å²) in [5.74, 6) is 1.08. The second kappa shape index (κ2) is 8.16. The zero-order valence-electron chi connectivity index (χ0n) is 11.8. The minimum absolute atomic E-state index is 0. The molecule has 0 aromatic rings. The van der Waals surface area contributed by atoms with Crippen molar-refractivity contribution in [3.63, 3.8) is 0 Å². The molecule has 1 fully saturated rings. The van der Waals surface area contributed by atoms with Crippen LogP contribution in [0, 0.1) is 5.41 Å². The molecule has 1 aliphatic heterocycles. The number of guanidine groups is 1. The summed E-state index contributed by atoms with van der Waals surface area (Å²) < 4.78 is 0. The van der Waals surface area contributed by atoms with Gasteiger partial charge in [0.05, 0.1) is 0 Å². The van der Waals surface area contributed by atoms with E-state index in [0.29, 0.717) is 5.41 Å². The fourth-order valence-corrected chi connectivity index (χ4v) is 2.20. The molecule has 1 aliphatic rings. The van der Waals surface area contributed by atoms with Crippen molar-refractivity contribution in [2.45, 2.75) is 46.5 Å². The highest BCUT2D eigenvalue weighted by atomic mass is 127. The molecule has 102 valence electrons. The number of likely N-dealkylation sites (tertiary alicyclic amines) is 1. The van der Waals surface area contributed by atoms with Crippen LogP contribution in [0.4, 0.5) is 0 Å². The van der Waals surface area contributed by atoms with E-state index in [1.807, 2.05) is 7.05 Å². The SMILES string of the molecule is CCCCCNC(=NC)N1CCC(C)(C)C1.I. The predicted octanol–water partition coefficient (Wildman–Crippen LogP) is 3.10. The molecule has 0 bridgehead atoms. The maximum Gasteiger partial charge on any atom is 0.193 e. The van der Waals surface area contributed by atoms with Crippen molar-refractivity contribution in [2.75, 3.05) is 26.7 Å². The van der Waals surface area contributed by atoms with Crippen molar-refractivity contribution >= 4 is 29.9 Å². The molecule has 1 heterocycles. The number of hydrogen-bond donors (Lipinski definition) is 1. The quantitative estimate of drug-likeness (QED) is 0.364. The number of nitrogens with zero attached hydrogens (tertiary/aromatic N) is 2. The van der Waals surface area contributed by atoms with E-state index in [2.05, 4.69) is 36.0 Å². The Bertz CT molecular complexity index is 239. The van der Waals surface area contributed by atoms with E-state index in [1.54, 1.807) is 0 Å². The van der Waals surface area contributed by atoms with Crippen molar-refractivity contribution in [3.8, 4) is 0 Å². The van der Waals surface area contributed by atoms with Gasteiger partial charge in [-0.15, -0.1) is 24.0 Å². The summed E-state index contributed by atoms with van der Waals surface area (Å²) in [5.41, 5.74) is 0.445. The van der Waals surface area contributed by atoms with Gasteiger partial charge in [0, 0.05) is 26.7 Å². The van der Waals surface area contributed by atoms with Gasteiger partial charge in [-0.3, -0.25) is 4.99 Å². The van der Waals surface area contributed by atoms with Gasteiger partial charge in [-0.2, -0.15) is 0 Å². The fourth-order valence-electron chi connectivity index (χ4n) is 2.20. The highest BCUT2D eigenvalue weighted by Crippen LogP contribution is 2.28. The maximum atomic E-state index is 4.36. The summed E-state index contributed by atoms with van der Waals surface area (Å²) in [6.07, 6.45) is 5.09. The highest BCUT2D eigenvalue weighted by Gasteiger charge is 2.30. The summed E-state index contributed by atoms with van der Waals surface area (Å²) >= 11 is 0. The van der Waals surface area contributed by atoms with Crippen molar-refractivity contribution in [3.05, 3.63) is 0 Å². The van der Waals surface area contributed by atoms with Crippen molar-refractivity contribution < 1.29 is 0 Å². The third kappa shape index (κ3) is 5.93. The van der Waals surface area contributed by atoms with Gasteiger partial charge < -0.3 is 10.2 Å². The Balaban J connectivity index is 0.00000256. The van der Waals surface area contributed by atoms with E-state index in [4.69, 9.17) is 0 Å². The second-order valence-electron chi connectivity index (χ2n) is 5.52. The lowest BCUT2D eigenvalue weighted by molar-refractivity contribution is 0.370. The summed E-state index contributed by atoms with van der Waals surface area (Å²) in [6.45, 7) is 10.2. The molecule has 1 saturated heterocycles. The molecular formula is C13H28IN3. The molecule has 0 unspecified atom stereocenters. The minimum atomic E-state index is 0. The van der Waals surface area contributed by atoms with Crippen LogP contribution in [0.15, 0.2) is 4.99 Å². The van der Waals surface area contributed by atoms with Gasteiger partial charge in [0.1, 0.15) is 0 Å². The van der Waals surface area contributed by atoms with Gasteiger partial charge in [-0.25, -0.2) is 0 Å². The van der Waals surface area contributed by atoms with Crippen molar-refractivity contribution in [1.82, 2.24) is 10.2 Å². The lowest BCUT2D eigenvalue weighted by Crippen LogP contribution is -2.41. The molecule has 4 heteroatoms. The lowest BCUT2D eigenvalue weighted by atomic mass is 9.93. The summed E-state index contributed by atoms with van der Waals surface area (Å²) in [6, 6.07) is 0. The molecule has 3 nitrogen and oxygen atoms in total. The molecule has 0 spiro atoms. The number of rotatable bonds is 4. The zero-order chi connectivity index (χ0) is 12.0. The van der Waals surface area contributed by atoms with Crippen LogP contribution in [0.25, 0.3) is 0 Å². The number of nitrogens with one attached hydrogen (secondary N) is 1. The van der Waals surface area contributed by atoms with Crippen LogP contribution in [0.2, 0.25) is 0 Å². The Labute approximate surface area is 123 Å². The average molecular weight is 353 g/mol. The Hall–Kier alpha value is 0. The van der Waals surface area contributed by atoms with E-state index in [9.17, 15) is 0 Å². The average Bonchev–Trinajstić information content (AvgIpc) is 2.59. The third-order valence-corrected chi connectivity index (χ3v) is 3.25. The first kappa shape index (κ1) is 17.0. The molecule has 0 radical (unpaired) electrons. The van der Waals surface area contributed by atoms with Gasteiger partial charge in [0.25, 0.3) is 0 Å². The standard InChI is InChI=1S/C13H27N3.HI/c1-5-6-7-9-15-12(14-4)16-10-8-13(2,3)11-16;/h5-11H2,1-4H3,(H,14,15);1H. The summed E-state index contributed by atoms with van der Waals surface area (Å²) in [4.78, 5) is 6.75. The number of aliphatic imine (C=N–C) groups is 1. The molecule has 0 aromatic heterocycles. The first-order valence-electron chi connectivity index (χ1n) is 6.54. The normalized spacial score (nSPS) is 19.1. The molecule has 0 amide bonds. The fraction of sp³-hybridized carbons (Fsp3) is 0.923. The van der Waals surface area contributed by atoms with Gasteiger partial charge in [0.2, 0.25) is 0 Å². The monoisotopic (exact) mass is 353 g/mol. The zero-order valence-corrected chi connectivity index (χ0v) is 14.1. The minimum Gasteiger partial charge on any atom is -0.356 e. The largest absolute Gasteiger partial charge is 0.356 e. The van der Waals surface area contributed by atoms with Crippen molar-refractivity contribution in [1.29, 1.82) is 0 Å². The molecule has 0 saturated carbocycles. The van der Waals surface area contributed by atoms with E-state index in [1.165, 1.54) is 25.7 Å². The van der Waals surface area contributed by atoms with Crippen LogP contribution >= 0.6 is 24.0 Å². The van der Waals surface area contributed by atoms with Crippen molar-refractivity contribution in [2.24, 2.45) is 10.4 Å². The summed E-state index contributed by atoms with van der Waals surface area (Å²) in [7, 11) is 1.88. The third-order valence-electron chi connectivity index (χ3n) is 3.25. The molecule has 1 rings (SSSR count). The predicted molar refractivity (Wildman–Crippen MR) is 86.3 cm³/mol. The van der Waals surface area contributed by atoms with Crippen LogP contribution in [0.5, 0.6) is 0 Å². The van der Waals surface area contributed by atoms with Gasteiger partial charge in [-0.05, 0) is 18.3 Å². The second-order valence-corrected chi connectivity index (χ2v) is 5.52. The van der Waals surface area contributed by atoms with Crippen LogP contribution in [0.1, 0.15) is 46.5 Å². The van der Waals surface area contributed by atoms with Crippen LogP contribution < -0.4 is 5.32 Å². The number of halogens is 1. The Morgan fingerprint density at radius 1 is 1.35 bits per heavy atom. The molecule has 0 aliphatic carbocycles. The maximum absolute atomic E-state index is 4.36. The topological polar surface area (TPSA) is 27.6 Å². The van der Waals surface area contributed by atoms with E-state index in [-0.39, 0.29) is 24.0 Å². The van der Waals surface area contributed by atoms with Gasteiger partial charge >= 0.3 is 0 Å².